The average Bonchev–Trinajstić information content (AvgIpc) is 2.61. The number of alkyl halides is 2. The van der Waals surface area contributed by atoms with Crippen LogP contribution in [-0.4, -0.2) is 26.2 Å². The Hall–Kier alpha value is -2.63. The molecule has 6 heteroatoms. The predicted molar refractivity (Wildman–Crippen MR) is 90.8 cm³/mol. The molecule has 1 amide bonds. The summed E-state index contributed by atoms with van der Waals surface area (Å²) in [6.07, 6.45) is 1.71. The number of fused-ring (bicyclic) bond motifs is 1. The SMILES string of the molecule is COc1ccc(C)c2c1N(C(=O)c1cccc(OC(F)F)c1)CCC2. The van der Waals surface area contributed by atoms with Gasteiger partial charge < -0.3 is 14.4 Å². The van der Waals surface area contributed by atoms with Gasteiger partial charge in [0.25, 0.3) is 5.91 Å². The number of aryl methyl sites for hydroxylation is 1. The van der Waals surface area contributed by atoms with E-state index in [0.717, 1.165) is 29.7 Å². The fourth-order valence-electron chi connectivity index (χ4n) is 3.18. The number of rotatable bonds is 4. The highest BCUT2D eigenvalue weighted by Crippen LogP contribution is 2.39. The van der Waals surface area contributed by atoms with E-state index in [2.05, 4.69) is 4.74 Å². The fraction of sp³-hybridized carbons (Fsp3) is 0.316. The van der Waals surface area contributed by atoms with Crippen molar-refractivity contribution in [3.8, 4) is 11.5 Å². The lowest BCUT2D eigenvalue weighted by Crippen LogP contribution is -2.36. The first-order valence-electron chi connectivity index (χ1n) is 8.04. The lowest BCUT2D eigenvalue weighted by molar-refractivity contribution is -0.0498. The third-order valence-corrected chi connectivity index (χ3v) is 4.33. The Morgan fingerprint density at radius 2 is 2.04 bits per heavy atom. The summed E-state index contributed by atoms with van der Waals surface area (Å²) in [7, 11) is 1.57. The molecule has 0 saturated heterocycles. The Bertz CT molecular complexity index is 792. The van der Waals surface area contributed by atoms with Gasteiger partial charge in [0.05, 0.1) is 12.8 Å². The molecule has 4 nitrogen and oxygen atoms in total. The number of ether oxygens (including phenoxy) is 2. The van der Waals surface area contributed by atoms with Crippen molar-refractivity contribution in [2.45, 2.75) is 26.4 Å². The Morgan fingerprint density at radius 3 is 2.76 bits per heavy atom. The molecule has 0 saturated carbocycles. The van der Waals surface area contributed by atoms with Crippen molar-refractivity contribution in [3.05, 3.63) is 53.1 Å². The van der Waals surface area contributed by atoms with Gasteiger partial charge in [-0.2, -0.15) is 8.78 Å². The molecule has 0 radical (unpaired) electrons. The number of amides is 1. The number of methoxy groups -OCH3 is 1. The number of halogens is 2. The highest BCUT2D eigenvalue weighted by Gasteiger charge is 2.28. The third kappa shape index (κ3) is 3.43. The molecule has 2 aromatic carbocycles. The molecule has 25 heavy (non-hydrogen) atoms. The van der Waals surface area contributed by atoms with Crippen LogP contribution in [0.1, 0.15) is 27.9 Å². The highest BCUT2D eigenvalue weighted by molar-refractivity contribution is 6.08. The topological polar surface area (TPSA) is 38.8 Å². The number of carbonyl (C=O) groups excluding carboxylic acids is 1. The van der Waals surface area contributed by atoms with Crippen molar-refractivity contribution in [3.63, 3.8) is 0 Å². The van der Waals surface area contributed by atoms with Crippen molar-refractivity contribution < 1.29 is 23.0 Å². The predicted octanol–water partition coefficient (Wildman–Crippen LogP) is 4.20. The summed E-state index contributed by atoms with van der Waals surface area (Å²) >= 11 is 0. The molecule has 132 valence electrons. The van der Waals surface area contributed by atoms with Gasteiger partial charge in [0.1, 0.15) is 11.5 Å². The first-order chi connectivity index (χ1) is 12.0. The van der Waals surface area contributed by atoms with Crippen LogP contribution < -0.4 is 14.4 Å². The van der Waals surface area contributed by atoms with E-state index in [1.807, 2.05) is 19.1 Å². The van der Waals surface area contributed by atoms with Gasteiger partial charge >= 0.3 is 6.61 Å². The molecule has 0 unspecified atom stereocenters. The minimum absolute atomic E-state index is 0.0331. The first kappa shape index (κ1) is 17.2. The third-order valence-electron chi connectivity index (χ3n) is 4.33. The van der Waals surface area contributed by atoms with Crippen LogP contribution >= 0.6 is 0 Å². The molecule has 1 aliphatic heterocycles. The minimum Gasteiger partial charge on any atom is -0.495 e. The van der Waals surface area contributed by atoms with E-state index in [1.54, 1.807) is 18.1 Å². The van der Waals surface area contributed by atoms with Crippen LogP contribution in [0, 0.1) is 6.92 Å². The van der Waals surface area contributed by atoms with Crippen molar-refractivity contribution >= 4 is 11.6 Å². The minimum atomic E-state index is -2.93. The number of hydrogen-bond donors (Lipinski definition) is 0. The van der Waals surface area contributed by atoms with Gasteiger partial charge in [0.2, 0.25) is 0 Å². The summed E-state index contributed by atoms with van der Waals surface area (Å²) in [5.41, 5.74) is 3.25. The fourth-order valence-corrected chi connectivity index (χ4v) is 3.18. The molecule has 0 bridgehead atoms. The first-order valence-corrected chi connectivity index (χ1v) is 8.04. The van der Waals surface area contributed by atoms with E-state index in [4.69, 9.17) is 4.74 Å². The summed E-state index contributed by atoms with van der Waals surface area (Å²) in [6.45, 7) is -0.377. The van der Waals surface area contributed by atoms with Crippen LogP contribution in [0.25, 0.3) is 0 Å². The van der Waals surface area contributed by atoms with Crippen LogP contribution in [0.2, 0.25) is 0 Å². The zero-order chi connectivity index (χ0) is 18.0. The number of benzene rings is 2. The maximum atomic E-state index is 13.0. The van der Waals surface area contributed by atoms with E-state index in [9.17, 15) is 13.6 Å². The Kier molecular flexibility index (Phi) is 4.88. The molecule has 3 rings (SSSR count). The van der Waals surface area contributed by atoms with Crippen molar-refractivity contribution in [2.24, 2.45) is 0 Å². The lowest BCUT2D eigenvalue weighted by Gasteiger charge is -2.32. The smallest absolute Gasteiger partial charge is 0.387 e. The number of hydrogen-bond acceptors (Lipinski definition) is 3. The van der Waals surface area contributed by atoms with Gasteiger partial charge in [-0.15, -0.1) is 0 Å². The van der Waals surface area contributed by atoms with Crippen molar-refractivity contribution in [1.82, 2.24) is 0 Å². The summed E-state index contributed by atoms with van der Waals surface area (Å²) in [4.78, 5) is 14.7. The summed E-state index contributed by atoms with van der Waals surface area (Å²) < 4.78 is 34.7. The van der Waals surface area contributed by atoms with E-state index in [-0.39, 0.29) is 11.7 Å². The van der Waals surface area contributed by atoms with Gasteiger partial charge in [-0.1, -0.05) is 12.1 Å². The quantitative estimate of drug-likeness (QED) is 0.832. The second-order valence-corrected chi connectivity index (χ2v) is 5.88. The van der Waals surface area contributed by atoms with Gasteiger partial charge in [0, 0.05) is 12.1 Å². The molecule has 0 fully saturated rings. The molecule has 2 aromatic rings. The second kappa shape index (κ2) is 7.09. The van der Waals surface area contributed by atoms with Gasteiger partial charge in [-0.3, -0.25) is 4.79 Å². The molecule has 1 heterocycles. The standard InChI is InChI=1S/C19H19F2NO3/c1-12-8-9-16(24-2)17-15(12)7-4-10-22(17)18(23)13-5-3-6-14(11-13)25-19(20)21/h3,5-6,8-9,11,19H,4,7,10H2,1-2H3. The van der Waals surface area contributed by atoms with Crippen LogP contribution in [0.4, 0.5) is 14.5 Å². The average molecular weight is 347 g/mol. The summed E-state index contributed by atoms with van der Waals surface area (Å²) in [5, 5.41) is 0. The second-order valence-electron chi connectivity index (χ2n) is 5.88. The highest BCUT2D eigenvalue weighted by atomic mass is 19.3. The van der Waals surface area contributed by atoms with Crippen molar-refractivity contribution in [1.29, 1.82) is 0 Å². The lowest BCUT2D eigenvalue weighted by atomic mass is 9.95. The van der Waals surface area contributed by atoms with E-state index in [0.29, 0.717) is 17.9 Å². The van der Waals surface area contributed by atoms with Gasteiger partial charge in [-0.05, 0) is 55.2 Å². The monoisotopic (exact) mass is 347 g/mol. The Morgan fingerprint density at radius 1 is 1.24 bits per heavy atom. The molecule has 0 aliphatic carbocycles. The van der Waals surface area contributed by atoms with Gasteiger partial charge in [-0.25, -0.2) is 0 Å². The summed E-state index contributed by atoms with van der Waals surface area (Å²) in [6, 6.07) is 9.68. The maximum Gasteiger partial charge on any atom is 0.387 e. The number of carbonyl (C=O) groups is 1. The number of nitrogens with zero attached hydrogens (tertiary/aromatic N) is 1. The molecule has 0 N–H and O–H groups in total. The zero-order valence-corrected chi connectivity index (χ0v) is 14.1. The number of anilines is 1. The Labute approximate surface area is 145 Å². The van der Waals surface area contributed by atoms with Crippen LogP contribution in [0.15, 0.2) is 36.4 Å². The Balaban J connectivity index is 1.99. The van der Waals surface area contributed by atoms with E-state index in [1.165, 1.54) is 18.2 Å². The maximum absolute atomic E-state index is 13.0. The van der Waals surface area contributed by atoms with E-state index < -0.39 is 6.61 Å². The summed E-state index contributed by atoms with van der Waals surface area (Å²) in [5.74, 6) is 0.340. The van der Waals surface area contributed by atoms with E-state index >= 15 is 0 Å². The molecule has 0 atom stereocenters. The van der Waals surface area contributed by atoms with Crippen LogP contribution in [0.3, 0.4) is 0 Å². The molecular formula is C19H19F2NO3. The zero-order valence-electron chi connectivity index (χ0n) is 14.1. The van der Waals surface area contributed by atoms with Crippen LogP contribution in [0.5, 0.6) is 11.5 Å². The van der Waals surface area contributed by atoms with Crippen LogP contribution in [-0.2, 0) is 6.42 Å². The molecule has 0 spiro atoms. The molecule has 0 aromatic heterocycles. The van der Waals surface area contributed by atoms with Crippen molar-refractivity contribution in [2.75, 3.05) is 18.6 Å². The largest absolute Gasteiger partial charge is 0.495 e. The van der Waals surface area contributed by atoms with Gasteiger partial charge in [0.15, 0.2) is 0 Å². The molecule has 1 aliphatic rings. The normalized spacial score (nSPS) is 13.6. The molecular weight excluding hydrogens is 328 g/mol.